The second-order valence-corrected chi connectivity index (χ2v) is 13.5. The van der Waals surface area contributed by atoms with Crippen LogP contribution < -0.4 is 14.9 Å². The van der Waals surface area contributed by atoms with Crippen LogP contribution in [0.4, 0.5) is 17.1 Å². The van der Waals surface area contributed by atoms with Gasteiger partial charge in [0.2, 0.25) is 9.04 Å². The van der Waals surface area contributed by atoms with Crippen molar-refractivity contribution >= 4 is 43.8 Å². The average molecular weight is 556 g/mol. The molecule has 3 aromatic rings. The van der Waals surface area contributed by atoms with Crippen LogP contribution in [0, 0.1) is 5.92 Å². The summed E-state index contributed by atoms with van der Waals surface area (Å²) in [5.41, 5.74) is 3.32. The third-order valence-electron chi connectivity index (χ3n) is 7.44. The van der Waals surface area contributed by atoms with Gasteiger partial charge in [-0.1, -0.05) is 39.0 Å². The molecule has 1 aromatic heterocycles. The van der Waals surface area contributed by atoms with Gasteiger partial charge < -0.3 is 9.43 Å². The van der Waals surface area contributed by atoms with Gasteiger partial charge in [-0.25, -0.2) is 4.90 Å². The molecule has 0 unspecified atom stereocenters. The molecule has 2 aromatic carbocycles. The second kappa shape index (κ2) is 11.0. The lowest BCUT2D eigenvalue weighted by Gasteiger charge is -2.36. The van der Waals surface area contributed by atoms with Crippen molar-refractivity contribution in [3.05, 3.63) is 83.7 Å². The van der Waals surface area contributed by atoms with Crippen LogP contribution in [0.1, 0.15) is 59.9 Å². The Kier molecular flexibility index (Phi) is 7.61. The number of hydroxylamine groups is 1. The van der Waals surface area contributed by atoms with E-state index in [-0.39, 0.29) is 17.2 Å². The molecule has 0 aliphatic carbocycles. The van der Waals surface area contributed by atoms with E-state index in [9.17, 15) is 14.4 Å². The highest BCUT2D eigenvalue weighted by Crippen LogP contribution is 2.40. The fraction of sp³-hybridized carbons (Fsp3) is 0.355. The van der Waals surface area contributed by atoms with Gasteiger partial charge in [0.1, 0.15) is 0 Å². The molecule has 1 saturated heterocycles. The number of carbonyl (C=O) groups excluding carboxylic acids is 3. The lowest BCUT2D eigenvalue weighted by atomic mass is 9.86. The zero-order valence-corrected chi connectivity index (χ0v) is 24.7. The third kappa shape index (κ3) is 5.31. The minimum absolute atomic E-state index is 0.149. The van der Waals surface area contributed by atoms with Crippen molar-refractivity contribution in [1.82, 2.24) is 4.98 Å². The molecule has 2 aliphatic rings. The van der Waals surface area contributed by atoms with E-state index in [1.807, 2.05) is 37.4 Å². The molecule has 3 amide bonds. The number of nitrogens with zero attached hydrogens (tertiary/aromatic N) is 4. The highest BCUT2D eigenvalue weighted by Gasteiger charge is 2.40. The maximum absolute atomic E-state index is 14.2. The second-order valence-electron chi connectivity index (χ2n) is 11.5. The number of hydrogen-bond acceptors (Lipinski definition) is 6. The molecule has 0 N–H and O–H groups in total. The monoisotopic (exact) mass is 555 g/mol. The molecular weight excluding hydrogens is 520 g/mol. The van der Waals surface area contributed by atoms with E-state index < -0.39 is 20.9 Å². The minimum atomic E-state index is -1.38. The number of anilines is 3. The van der Waals surface area contributed by atoms with Crippen molar-refractivity contribution in [1.29, 1.82) is 0 Å². The van der Waals surface area contributed by atoms with E-state index in [0.717, 1.165) is 24.3 Å². The van der Waals surface area contributed by atoms with Crippen LogP contribution in [0.25, 0.3) is 0 Å². The van der Waals surface area contributed by atoms with Crippen molar-refractivity contribution in [2.45, 2.75) is 52.1 Å². The predicted octanol–water partition coefficient (Wildman–Crippen LogP) is 5.61. The van der Waals surface area contributed by atoms with Crippen LogP contribution in [0.15, 0.2) is 67.0 Å². The zero-order valence-electron chi connectivity index (χ0n) is 23.7. The molecule has 0 saturated carbocycles. The van der Waals surface area contributed by atoms with Gasteiger partial charge in [-0.3, -0.25) is 19.4 Å². The quantitative estimate of drug-likeness (QED) is 0.223. The van der Waals surface area contributed by atoms with E-state index in [0.29, 0.717) is 35.3 Å². The first-order chi connectivity index (χ1) is 19.1. The predicted molar refractivity (Wildman–Crippen MR) is 158 cm³/mol. The van der Waals surface area contributed by atoms with Crippen LogP contribution >= 0.6 is 0 Å². The van der Waals surface area contributed by atoms with Crippen molar-refractivity contribution in [3.8, 4) is 0 Å². The van der Waals surface area contributed by atoms with Gasteiger partial charge in [0.05, 0.1) is 22.5 Å². The summed E-state index contributed by atoms with van der Waals surface area (Å²) in [4.78, 5) is 48.7. The number of fused-ring (bicyclic) bond motifs is 1. The number of pyridine rings is 1. The number of aromatic nitrogens is 1. The maximum atomic E-state index is 14.2. The Morgan fingerprint density at radius 2 is 1.55 bits per heavy atom. The smallest absolute Gasteiger partial charge is 0.266 e. The Labute approximate surface area is 237 Å². The van der Waals surface area contributed by atoms with E-state index in [1.54, 1.807) is 42.7 Å². The zero-order chi connectivity index (χ0) is 28.6. The van der Waals surface area contributed by atoms with Crippen LogP contribution in [-0.4, -0.2) is 44.8 Å². The van der Waals surface area contributed by atoms with Gasteiger partial charge >= 0.3 is 0 Å². The molecule has 5 rings (SSSR count). The van der Waals surface area contributed by atoms with Crippen LogP contribution in [0.5, 0.6) is 0 Å². The van der Waals surface area contributed by atoms with Gasteiger partial charge in [-0.2, -0.15) is 5.06 Å². The Balaban J connectivity index is 1.52. The number of imide groups is 1. The van der Waals surface area contributed by atoms with Gasteiger partial charge in [-0.15, -0.1) is 0 Å². The van der Waals surface area contributed by atoms with Crippen LogP contribution in [0.3, 0.4) is 0 Å². The largest absolute Gasteiger partial charge is 0.371 e. The normalized spacial score (nSPS) is 16.1. The van der Waals surface area contributed by atoms with Gasteiger partial charge in [-0.05, 0) is 73.3 Å². The number of carbonyl (C=O) groups is 3. The summed E-state index contributed by atoms with van der Waals surface area (Å²) in [7, 11) is -1.38. The van der Waals surface area contributed by atoms with Crippen molar-refractivity contribution in [2.24, 2.45) is 5.92 Å². The van der Waals surface area contributed by atoms with Gasteiger partial charge in [0, 0.05) is 37.1 Å². The SMILES string of the molecule is C[Si](C)ON(C(=O)C1CCN(c2ccncc2)CC1)c1cc(C(C)(C)C)ccc1N1C(=O)c2ccccc2C1=O. The highest BCUT2D eigenvalue weighted by atomic mass is 28.3. The Hall–Kier alpha value is -3.82. The molecule has 207 valence electrons. The Morgan fingerprint density at radius 3 is 2.10 bits per heavy atom. The number of hydrogen-bond donors (Lipinski definition) is 0. The molecule has 0 atom stereocenters. The molecule has 0 bridgehead atoms. The highest BCUT2D eigenvalue weighted by molar-refractivity contribution is 6.49. The van der Waals surface area contributed by atoms with Crippen molar-refractivity contribution in [3.63, 3.8) is 0 Å². The fourth-order valence-electron chi connectivity index (χ4n) is 5.25. The van der Waals surface area contributed by atoms with E-state index in [4.69, 9.17) is 4.53 Å². The van der Waals surface area contributed by atoms with Crippen LogP contribution in [-0.2, 0) is 14.7 Å². The van der Waals surface area contributed by atoms with E-state index >= 15 is 0 Å². The maximum Gasteiger partial charge on any atom is 0.266 e. The summed E-state index contributed by atoms with van der Waals surface area (Å²) in [6, 6.07) is 16.4. The molecule has 1 radical (unpaired) electrons. The molecule has 3 heterocycles. The number of benzene rings is 2. The molecule has 2 aliphatic heterocycles. The number of rotatable bonds is 6. The molecule has 40 heavy (non-hydrogen) atoms. The summed E-state index contributed by atoms with van der Waals surface area (Å²) < 4.78 is 6.29. The van der Waals surface area contributed by atoms with Gasteiger partial charge in [0.15, 0.2) is 0 Å². The molecule has 0 spiro atoms. The molecular formula is C31H35N4O4Si. The summed E-state index contributed by atoms with van der Waals surface area (Å²) in [6.07, 6.45) is 4.88. The molecule has 8 nitrogen and oxygen atoms in total. The van der Waals surface area contributed by atoms with Crippen molar-refractivity contribution < 1.29 is 18.9 Å². The van der Waals surface area contributed by atoms with Crippen molar-refractivity contribution in [2.75, 3.05) is 28.0 Å². The number of piperidine rings is 1. The topological polar surface area (TPSA) is 83.1 Å². The lowest BCUT2D eigenvalue weighted by molar-refractivity contribution is -0.127. The third-order valence-corrected chi connectivity index (χ3v) is 7.99. The lowest BCUT2D eigenvalue weighted by Crippen LogP contribution is -2.45. The minimum Gasteiger partial charge on any atom is -0.371 e. The summed E-state index contributed by atoms with van der Waals surface area (Å²) >= 11 is 0. The van der Waals surface area contributed by atoms with Gasteiger partial charge in [0.25, 0.3) is 17.7 Å². The first-order valence-corrected chi connectivity index (χ1v) is 16.1. The summed E-state index contributed by atoms with van der Waals surface area (Å²) in [5.74, 6) is -1.21. The first kappa shape index (κ1) is 27.7. The Morgan fingerprint density at radius 1 is 0.950 bits per heavy atom. The first-order valence-electron chi connectivity index (χ1n) is 13.7. The van der Waals surface area contributed by atoms with E-state index in [1.165, 1.54) is 9.96 Å². The number of amides is 3. The summed E-state index contributed by atoms with van der Waals surface area (Å²) in [6.45, 7) is 11.7. The Bertz CT molecular complexity index is 1390. The molecule has 9 heteroatoms. The summed E-state index contributed by atoms with van der Waals surface area (Å²) in [5, 5.41) is 1.38. The standard InChI is InChI=1S/C31H35N4O4Si/c1-31(2,3)22-10-11-26(34-29(37)24-8-6-7-9-25(24)30(34)38)27(20-22)35(39-40(4)5)28(36)21-14-18-33(19-15-21)23-12-16-32-17-13-23/h6-13,16-17,20-21H,14-15,18-19H2,1-5H3. The fourth-order valence-corrected chi connectivity index (χ4v) is 5.80. The average Bonchev–Trinajstić information content (AvgIpc) is 3.20. The van der Waals surface area contributed by atoms with E-state index in [2.05, 4.69) is 30.7 Å². The molecule has 1 fully saturated rings. The van der Waals surface area contributed by atoms with Crippen LogP contribution in [0.2, 0.25) is 13.1 Å².